The summed E-state index contributed by atoms with van der Waals surface area (Å²) >= 11 is 12.5. The second-order valence-electron chi connectivity index (χ2n) is 3.90. The predicted octanol–water partition coefficient (Wildman–Crippen LogP) is 3.86. The number of fused-ring (bicyclic) bond motifs is 1. The van der Waals surface area contributed by atoms with Gasteiger partial charge in [0, 0.05) is 18.0 Å². The van der Waals surface area contributed by atoms with Gasteiger partial charge >= 0.3 is 7.60 Å². The van der Waals surface area contributed by atoms with E-state index in [9.17, 15) is 4.57 Å². The second-order valence-corrected chi connectivity index (χ2v) is 6.90. The Balaban J connectivity index is 2.37. The summed E-state index contributed by atoms with van der Waals surface area (Å²) in [7, 11) is -1.81. The monoisotopic (exact) mass is 270 g/mol. The fourth-order valence-corrected chi connectivity index (χ4v) is 4.52. The average Bonchev–Trinajstić information content (AvgIpc) is 2.20. The first kappa shape index (κ1) is 11.9. The van der Waals surface area contributed by atoms with Gasteiger partial charge in [0.25, 0.3) is 0 Å². The Morgan fingerprint density at radius 2 is 2.40 bits per heavy atom. The van der Waals surface area contributed by atoms with Crippen LogP contribution in [0.15, 0.2) is 10.8 Å². The average molecular weight is 271 g/mol. The van der Waals surface area contributed by atoms with E-state index in [0.29, 0.717) is 5.03 Å². The third-order valence-corrected chi connectivity index (χ3v) is 5.93. The van der Waals surface area contributed by atoms with E-state index < -0.39 is 12.5 Å². The summed E-state index contributed by atoms with van der Waals surface area (Å²) in [6.45, 7) is 0. The minimum absolute atomic E-state index is 0.295. The number of rotatable bonds is 1. The predicted molar refractivity (Wildman–Crippen MR) is 60.5 cm³/mol. The molecule has 2 aliphatic rings. The van der Waals surface area contributed by atoms with Gasteiger partial charge in [0.15, 0.2) is 0 Å². The molecule has 0 saturated heterocycles. The molecule has 3 atom stereocenters. The van der Waals surface area contributed by atoms with Gasteiger partial charge in [-0.15, -0.1) is 11.6 Å². The third-order valence-electron chi connectivity index (χ3n) is 2.96. The standard InChI is InChI=1S/C9H13Cl2O3P/c1-13-15(12)6-7(10)9(11)5-3-2-4-8(9)14-15/h6,8H,2-5H2,1H3/t8-,9-,15?/m1/s1. The number of halogens is 2. The zero-order valence-electron chi connectivity index (χ0n) is 8.41. The number of hydrogen-bond donors (Lipinski definition) is 0. The molecular weight excluding hydrogens is 258 g/mol. The summed E-state index contributed by atoms with van der Waals surface area (Å²) in [5.74, 6) is 1.34. The van der Waals surface area contributed by atoms with Crippen LogP contribution in [0.5, 0.6) is 0 Å². The van der Waals surface area contributed by atoms with Crippen LogP contribution in [0.4, 0.5) is 0 Å². The first-order chi connectivity index (χ1) is 7.00. The SMILES string of the molecule is COP1(=O)C=C(Cl)[C@]2(Cl)CCCC[C@H]2O1. The van der Waals surface area contributed by atoms with Crippen molar-refractivity contribution < 1.29 is 13.6 Å². The Labute approximate surface area is 99.3 Å². The Bertz CT molecular complexity index is 344. The molecule has 3 nitrogen and oxygen atoms in total. The Morgan fingerprint density at radius 3 is 3.07 bits per heavy atom. The van der Waals surface area contributed by atoms with Crippen LogP contribution in [0.25, 0.3) is 0 Å². The molecule has 1 fully saturated rings. The fourth-order valence-electron chi connectivity index (χ4n) is 2.06. The van der Waals surface area contributed by atoms with Gasteiger partial charge in [0.2, 0.25) is 0 Å². The molecule has 1 saturated carbocycles. The van der Waals surface area contributed by atoms with Crippen LogP contribution in [-0.2, 0) is 13.6 Å². The first-order valence-corrected chi connectivity index (χ1v) is 7.28. The van der Waals surface area contributed by atoms with Gasteiger partial charge in [-0.1, -0.05) is 24.4 Å². The van der Waals surface area contributed by atoms with Gasteiger partial charge in [0.1, 0.15) is 4.87 Å². The third kappa shape index (κ3) is 2.01. The number of alkyl halides is 1. The fraction of sp³-hybridized carbons (Fsp3) is 0.778. The van der Waals surface area contributed by atoms with Crippen LogP contribution in [0.1, 0.15) is 25.7 Å². The maximum atomic E-state index is 11.9. The van der Waals surface area contributed by atoms with E-state index in [4.69, 9.17) is 32.2 Å². The Hall–Kier alpha value is 0.470. The lowest BCUT2D eigenvalue weighted by Crippen LogP contribution is -2.43. The molecule has 1 aliphatic heterocycles. The Kier molecular flexibility index (Phi) is 3.22. The minimum atomic E-state index is -3.16. The van der Waals surface area contributed by atoms with Crippen LogP contribution in [-0.4, -0.2) is 18.1 Å². The van der Waals surface area contributed by atoms with E-state index in [2.05, 4.69) is 0 Å². The molecule has 15 heavy (non-hydrogen) atoms. The molecule has 6 heteroatoms. The van der Waals surface area contributed by atoms with Gasteiger partial charge in [-0.05, 0) is 12.8 Å². The molecule has 0 aromatic heterocycles. The highest BCUT2D eigenvalue weighted by molar-refractivity contribution is 7.57. The van der Waals surface area contributed by atoms with Gasteiger partial charge in [-0.2, -0.15) is 0 Å². The van der Waals surface area contributed by atoms with Crippen LogP contribution in [0.2, 0.25) is 0 Å². The van der Waals surface area contributed by atoms with Gasteiger partial charge in [-0.25, -0.2) is 0 Å². The molecule has 1 unspecified atom stereocenters. The first-order valence-electron chi connectivity index (χ1n) is 4.92. The van der Waals surface area contributed by atoms with Crippen LogP contribution >= 0.6 is 30.8 Å². The van der Waals surface area contributed by atoms with E-state index in [0.717, 1.165) is 25.7 Å². The molecule has 0 aromatic carbocycles. The quantitative estimate of drug-likeness (QED) is 0.536. The molecule has 2 rings (SSSR count). The zero-order valence-corrected chi connectivity index (χ0v) is 10.8. The number of hydrogen-bond acceptors (Lipinski definition) is 3. The lowest BCUT2D eigenvalue weighted by atomic mass is 9.85. The summed E-state index contributed by atoms with van der Waals surface area (Å²) in [5.41, 5.74) is 0. The van der Waals surface area contributed by atoms with Crippen molar-refractivity contribution >= 4 is 30.8 Å². The summed E-state index contributed by atoms with van der Waals surface area (Å²) in [4.78, 5) is -0.688. The molecule has 1 heterocycles. The lowest BCUT2D eigenvalue weighted by Gasteiger charge is -2.42. The molecule has 0 spiro atoms. The van der Waals surface area contributed by atoms with Crippen molar-refractivity contribution in [3.63, 3.8) is 0 Å². The van der Waals surface area contributed by atoms with E-state index in [-0.39, 0.29) is 6.10 Å². The summed E-state index contributed by atoms with van der Waals surface area (Å²) < 4.78 is 22.2. The van der Waals surface area contributed by atoms with Crippen LogP contribution in [0.3, 0.4) is 0 Å². The zero-order chi connectivity index (χ0) is 11.1. The van der Waals surface area contributed by atoms with Crippen molar-refractivity contribution in [1.82, 2.24) is 0 Å². The van der Waals surface area contributed by atoms with E-state index >= 15 is 0 Å². The van der Waals surface area contributed by atoms with Crippen molar-refractivity contribution in [2.24, 2.45) is 0 Å². The van der Waals surface area contributed by atoms with Crippen molar-refractivity contribution in [1.29, 1.82) is 0 Å². The summed E-state index contributed by atoms with van der Waals surface area (Å²) in [5, 5.41) is 0.408. The summed E-state index contributed by atoms with van der Waals surface area (Å²) in [6.07, 6.45) is 3.29. The highest BCUT2D eigenvalue weighted by atomic mass is 35.5. The Morgan fingerprint density at radius 1 is 1.67 bits per heavy atom. The van der Waals surface area contributed by atoms with Gasteiger partial charge in [0.05, 0.1) is 6.10 Å². The van der Waals surface area contributed by atoms with Crippen LogP contribution < -0.4 is 0 Å². The maximum Gasteiger partial charge on any atom is 0.355 e. The lowest BCUT2D eigenvalue weighted by molar-refractivity contribution is 0.103. The van der Waals surface area contributed by atoms with E-state index in [1.54, 1.807) is 0 Å². The maximum absolute atomic E-state index is 11.9. The van der Waals surface area contributed by atoms with E-state index in [1.807, 2.05) is 0 Å². The minimum Gasteiger partial charge on any atom is -0.309 e. The highest BCUT2D eigenvalue weighted by Crippen LogP contribution is 2.61. The van der Waals surface area contributed by atoms with Crippen molar-refractivity contribution in [2.45, 2.75) is 36.7 Å². The largest absolute Gasteiger partial charge is 0.355 e. The topological polar surface area (TPSA) is 35.5 Å². The van der Waals surface area contributed by atoms with Gasteiger partial charge < -0.3 is 4.52 Å². The highest BCUT2D eigenvalue weighted by Gasteiger charge is 2.49. The second kappa shape index (κ2) is 4.05. The molecule has 0 radical (unpaired) electrons. The van der Waals surface area contributed by atoms with E-state index in [1.165, 1.54) is 12.9 Å². The molecule has 0 amide bonds. The van der Waals surface area contributed by atoms with Crippen molar-refractivity contribution in [2.75, 3.05) is 7.11 Å². The van der Waals surface area contributed by atoms with Gasteiger partial charge in [-0.3, -0.25) is 9.09 Å². The molecule has 0 aromatic rings. The smallest absolute Gasteiger partial charge is 0.309 e. The molecule has 0 N–H and O–H groups in total. The molecule has 86 valence electrons. The normalized spacial score (nSPS) is 45.8. The van der Waals surface area contributed by atoms with Crippen molar-refractivity contribution in [3.8, 4) is 0 Å². The van der Waals surface area contributed by atoms with Crippen molar-refractivity contribution in [3.05, 3.63) is 10.8 Å². The molecular formula is C9H13Cl2O3P. The molecule has 0 bridgehead atoms. The molecule has 1 aliphatic carbocycles. The van der Waals surface area contributed by atoms with Crippen LogP contribution in [0, 0.1) is 0 Å². The summed E-state index contributed by atoms with van der Waals surface area (Å²) in [6, 6.07) is 0.